The van der Waals surface area contributed by atoms with Gasteiger partial charge in [-0.15, -0.1) is 10.2 Å². The molecule has 1 unspecified atom stereocenters. The summed E-state index contributed by atoms with van der Waals surface area (Å²) in [6.45, 7) is 5.97. The fraction of sp³-hybridized carbons (Fsp3) is 0.567. The van der Waals surface area contributed by atoms with E-state index in [1.165, 1.54) is 11.2 Å². The number of furan rings is 1. The molecule has 1 saturated carbocycles. The van der Waals surface area contributed by atoms with E-state index in [-0.39, 0.29) is 24.4 Å². The van der Waals surface area contributed by atoms with Gasteiger partial charge >= 0.3 is 0 Å². The van der Waals surface area contributed by atoms with Crippen LogP contribution in [0.3, 0.4) is 0 Å². The Balaban J connectivity index is 1.36. The average Bonchev–Trinajstić information content (AvgIpc) is 3.66. The first kappa shape index (κ1) is 29.7. The van der Waals surface area contributed by atoms with Crippen LogP contribution in [0.2, 0.25) is 0 Å². The number of amides is 2. The van der Waals surface area contributed by atoms with E-state index in [0.717, 1.165) is 56.6 Å². The predicted octanol–water partition coefficient (Wildman–Crippen LogP) is 2.99. The maximum atomic E-state index is 14.0. The Bertz CT molecular complexity index is 1300. The van der Waals surface area contributed by atoms with Crippen molar-refractivity contribution in [3.05, 3.63) is 47.9 Å². The van der Waals surface area contributed by atoms with E-state index in [2.05, 4.69) is 25.6 Å². The van der Waals surface area contributed by atoms with Crippen LogP contribution in [0, 0.1) is 6.92 Å². The lowest BCUT2D eigenvalue weighted by molar-refractivity contribution is -0.143. The number of carbonyl (C=O) groups is 2. The zero-order valence-electron chi connectivity index (χ0n) is 24.5. The molecule has 12 heteroatoms. The molecule has 42 heavy (non-hydrogen) atoms. The van der Waals surface area contributed by atoms with Crippen molar-refractivity contribution in [3.63, 3.8) is 0 Å². The van der Waals surface area contributed by atoms with Crippen LogP contribution in [0.1, 0.15) is 56.1 Å². The van der Waals surface area contributed by atoms with Gasteiger partial charge in [-0.1, -0.05) is 19.3 Å². The molecule has 1 aliphatic heterocycles. The van der Waals surface area contributed by atoms with E-state index >= 15 is 0 Å². The third-order valence-corrected chi connectivity index (χ3v) is 7.92. The minimum absolute atomic E-state index is 0.0964. The molecule has 2 aromatic heterocycles. The fourth-order valence-corrected chi connectivity index (χ4v) is 5.62. The van der Waals surface area contributed by atoms with Crippen LogP contribution >= 0.6 is 0 Å². The molecule has 12 nitrogen and oxygen atoms in total. The Morgan fingerprint density at radius 1 is 1.10 bits per heavy atom. The number of ether oxygens (including phenoxy) is 2. The molecule has 0 spiro atoms. The summed E-state index contributed by atoms with van der Waals surface area (Å²) in [4.78, 5) is 33.1. The molecular weight excluding hydrogens is 538 g/mol. The lowest BCUT2D eigenvalue weighted by atomic mass is 9.95. The number of morpholine rings is 1. The van der Waals surface area contributed by atoms with Crippen molar-refractivity contribution in [1.29, 1.82) is 0 Å². The summed E-state index contributed by atoms with van der Waals surface area (Å²) in [6.07, 6.45) is 5.94. The van der Waals surface area contributed by atoms with E-state index < -0.39 is 6.04 Å². The first-order valence-corrected chi connectivity index (χ1v) is 14.9. The zero-order chi connectivity index (χ0) is 29.3. The Labute approximate surface area is 246 Å². The summed E-state index contributed by atoms with van der Waals surface area (Å²) in [7, 11) is 1.61. The normalized spacial score (nSPS) is 17.1. The van der Waals surface area contributed by atoms with Gasteiger partial charge in [0, 0.05) is 37.8 Å². The smallest absolute Gasteiger partial charge is 0.250 e. The summed E-state index contributed by atoms with van der Waals surface area (Å²) in [5, 5.41) is 16.0. The number of nitrogens with zero attached hydrogens (tertiary/aromatic N) is 6. The quantitative estimate of drug-likeness (QED) is 0.344. The number of nitrogens with one attached hydrogen (secondary N) is 1. The molecule has 3 aromatic rings. The molecule has 0 bridgehead atoms. The number of aryl methyl sites for hydroxylation is 1. The van der Waals surface area contributed by atoms with Crippen molar-refractivity contribution in [2.24, 2.45) is 0 Å². The Hall–Kier alpha value is -3.77. The second-order valence-corrected chi connectivity index (χ2v) is 11.0. The minimum Gasteiger partial charge on any atom is -0.497 e. The second kappa shape index (κ2) is 14.4. The minimum atomic E-state index is -0.901. The summed E-state index contributed by atoms with van der Waals surface area (Å²) >= 11 is 0. The Kier molecular flexibility index (Phi) is 10.2. The van der Waals surface area contributed by atoms with Crippen LogP contribution < -0.4 is 10.1 Å². The van der Waals surface area contributed by atoms with Crippen LogP contribution in [-0.2, 0) is 20.9 Å². The van der Waals surface area contributed by atoms with Crippen LogP contribution in [0.5, 0.6) is 5.75 Å². The monoisotopic (exact) mass is 579 g/mol. The molecule has 1 aliphatic carbocycles. The van der Waals surface area contributed by atoms with Crippen LogP contribution in [0.25, 0.3) is 11.4 Å². The third kappa shape index (κ3) is 7.74. The maximum Gasteiger partial charge on any atom is 0.250 e. The molecule has 1 aromatic carbocycles. The van der Waals surface area contributed by atoms with Crippen molar-refractivity contribution < 1.29 is 23.5 Å². The van der Waals surface area contributed by atoms with Gasteiger partial charge < -0.3 is 24.1 Å². The van der Waals surface area contributed by atoms with Gasteiger partial charge in [0.25, 0.3) is 5.91 Å². The van der Waals surface area contributed by atoms with E-state index in [4.69, 9.17) is 13.9 Å². The van der Waals surface area contributed by atoms with Crippen LogP contribution in [0.4, 0.5) is 0 Å². The average molecular weight is 580 g/mol. The summed E-state index contributed by atoms with van der Waals surface area (Å²) < 4.78 is 16.7. The number of benzene rings is 1. The van der Waals surface area contributed by atoms with Crippen molar-refractivity contribution in [3.8, 4) is 17.1 Å². The Morgan fingerprint density at radius 2 is 1.86 bits per heavy atom. The number of methoxy groups -OCH3 is 1. The number of hydrogen-bond donors (Lipinski definition) is 1. The highest BCUT2D eigenvalue weighted by Crippen LogP contribution is 2.26. The molecule has 3 heterocycles. The van der Waals surface area contributed by atoms with Crippen molar-refractivity contribution in [1.82, 2.24) is 35.3 Å². The van der Waals surface area contributed by atoms with Crippen molar-refractivity contribution in [2.75, 3.05) is 46.5 Å². The predicted molar refractivity (Wildman–Crippen MR) is 155 cm³/mol. The standard InChI is InChI=1S/C30H41N7O5/c1-22-9-14-26(42-22)28(30(39)31-24-7-4-3-5-8-24)36(16-6-15-35-17-19-41-20-18-35)27(38)21-37-33-29(32-34-37)23-10-12-25(40-2)13-11-23/h9-14,24,28H,3-8,15-21H2,1-2H3,(H,31,39). The van der Waals surface area contributed by atoms with Gasteiger partial charge in [0.2, 0.25) is 11.7 Å². The van der Waals surface area contributed by atoms with E-state index in [1.54, 1.807) is 18.1 Å². The van der Waals surface area contributed by atoms with E-state index in [1.807, 2.05) is 37.3 Å². The third-order valence-electron chi connectivity index (χ3n) is 7.92. The van der Waals surface area contributed by atoms with Gasteiger partial charge in [-0.25, -0.2) is 0 Å². The number of carbonyl (C=O) groups excluding carboxylic acids is 2. The summed E-state index contributed by atoms with van der Waals surface area (Å²) in [5.41, 5.74) is 0.757. The lowest BCUT2D eigenvalue weighted by Crippen LogP contribution is -2.48. The van der Waals surface area contributed by atoms with Gasteiger partial charge in [0.05, 0.1) is 20.3 Å². The van der Waals surface area contributed by atoms with Gasteiger partial charge in [-0.3, -0.25) is 14.5 Å². The van der Waals surface area contributed by atoms with Crippen LogP contribution in [0.15, 0.2) is 40.8 Å². The number of tetrazole rings is 1. The van der Waals surface area contributed by atoms with Gasteiger partial charge in [0.1, 0.15) is 23.8 Å². The topological polar surface area (TPSA) is 128 Å². The number of hydrogen-bond acceptors (Lipinski definition) is 9. The van der Waals surface area contributed by atoms with Gasteiger partial charge in [-0.05, 0) is 67.8 Å². The molecule has 2 fully saturated rings. The van der Waals surface area contributed by atoms with Crippen LogP contribution in [-0.4, -0.2) is 94.4 Å². The number of aromatic nitrogens is 4. The highest BCUT2D eigenvalue weighted by molar-refractivity contribution is 5.88. The van der Waals surface area contributed by atoms with Crippen molar-refractivity contribution in [2.45, 2.75) is 64.1 Å². The lowest BCUT2D eigenvalue weighted by Gasteiger charge is -2.33. The maximum absolute atomic E-state index is 14.0. The highest BCUT2D eigenvalue weighted by Gasteiger charge is 2.35. The molecule has 2 amide bonds. The van der Waals surface area contributed by atoms with Gasteiger partial charge in [0.15, 0.2) is 6.04 Å². The zero-order valence-corrected chi connectivity index (χ0v) is 24.5. The molecular formula is C30H41N7O5. The van der Waals surface area contributed by atoms with E-state index in [9.17, 15) is 9.59 Å². The molecule has 1 atom stereocenters. The number of rotatable bonds is 12. The SMILES string of the molecule is COc1ccc(-c2nnn(CC(=O)N(CCCN3CCOCC3)C(C(=O)NC3CCCCC3)c3ccc(C)o3)n2)cc1. The fourth-order valence-electron chi connectivity index (χ4n) is 5.62. The molecule has 1 saturated heterocycles. The highest BCUT2D eigenvalue weighted by atomic mass is 16.5. The molecule has 5 rings (SSSR count). The Morgan fingerprint density at radius 3 is 2.55 bits per heavy atom. The van der Waals surface area contributed by atoms with E-state index in [0.29, 0.717) is 43.5 Å². The molecule has 226 valence electrons. The first-order chi connectivity index (χ1) is 20.5. The first-order valence-electron chi connectivity index (χ1n) is 14.9. The molecule has 0 radical (unpaired) electrons. The van der Waals surface area contributed by atoms with Gasteiger partial charge in [-0.2, -0.15) is 4.80 Å². The molecule has 2 aliphatic rings. The second-order valence-electron chi connectivity index (χ2n) is 11.0. The summed E-state index contributed by atoms with van der Waals surface area (Å²) in [6, 6.07) is 10.1. The largest absolute Gasteiger partial charge is 0.497 e. The summed E-state index contributed by atoms with van der Waals surface area (Å²) in [5.74, 6) is 1.75. The van der Waals surface area contributed by atoms with Crippen molar-refractivity contribution >= 4 is 11.8 Å². The molecule has 1 N–H and O–H groups in total.